The zero-order valence-corrected chi connectivity index (χ0v) is 18.9. The maximum Gasteiger partial charge on any atom is 0.319 e. The van der Waals surface area contributed by atoms with Crippen LogP contribution in [0.2, 0.25) is 0 Å². The van der Waals surface area contributed by atoms with E-state index in [0.29, 0.717) is 11.5 Å². The minimum Gasteiger partial charge on any atom is -0.371 e. The van der Waals surface area contributed by atoms with Crippen LogP contribution >= 0.6 is 0 Å². The number of hydrogen-bond acceptors (Lipinski definition) is 4. The molecule has 0 unspecified atom stereocenters. The summed E-state index contributed by atoms with van der Waals surface area (Å²) in [4.78, 5) is 16.9. The maximum atomic E-state index is 12.4. The summed E-state index contributed by atoms with van der Waals surface area (Å²) in [6.07, 6.45) is 2.11. The molecule has 2 saturated heterocycles. The van der Waals surface area contributed by atoms with Crippen molar-refractivity contribution in [3.05, 3.63) is 71.3 Å². The Kier molecular flexibility index (Phi) is 6.48. The summed E-state index contributed by atoms with van der Waals surface area (Å²) in [6, 6.07) is 16.4. The molecule has 2 fully saturated rings. The second-order valence-electron chi connectivity index (χ2n) is 8.99. The summed E-state index contributed by atoms with van der Waals surface area (Å²) in [6.45, 7) is 10.0. The highest BCUT2D eigenvalue weighted by atomic mass is 16.2. The third kappa shape index (κ3) is 4.95. The van der Waals surface area contributed by atoms with Crippen LogP contribution in [0.5, 0.6) is 0 Å². The summed E-state index contributed by atoms with van der Waals surface area (Å²) in [7, 11) is 2.04. The standard InChI is InChI=1S/C26H31N5O/c1-18-4-7-23(14-25(18)29-26(32)28-24-16-30(3)17-24)19(2)31-12-10-22(11-13-31)21-8-5-20(15-27)6-9-21/h4-9,14,22,24H,2,10-13,16-17H2,1,3H3,(H2,28,29,32). The second kappa shape index (κ2) is 9.46. The van der Waals surface area contributed by atoms with E-state index >= 15 is 0 Å². The number of likely N-dealkylation sites (tertiary alicyclic amines) is 2. The van der Waals surface area contributed by atoms with Gasteiger partial charge in [-0.1, -0.05) is 30.8 Å². The van der Waals surface area contributed by atoms with E-state index in [1.165, 1.54) is 5.56 Å². The van der Waals surface area contributed by atoms with Gasteiger partial charge in [-0.3, -0.25) is 0 Å². The lowest BCUT2D eigenvalue weighted by Crippen LogP contribution is -2.58. The van der Waals surface area contributed by atoms with Gasteiger partial charge in [0.15, 0.2) is 0 Å². The number of aryl methyl sites for hydroxylation is 1. The summed E-state index contributed by atoms with van der Waals surface area (Å²) in [5.41, 5.74) is 5.89. The van der Waals surface area contributed by atoms with Crippen LogP contribution in [0.1, 0.15) is 41.0 Å². The maximum absolute atomic E-state index is 12.4. The fourth-order valence-electron chi connectivity index (χ4n) is 4.57. The first kappa shape index (κ1) is 21.9. The lowest BCUT2D eigenvalue weighted by atomic mass is 9.88. The Balaban J connectivity index is 1.35. The van der Waals surface area contributed by atoms with Crippen molar-refractivity contribution >= 4 is 17.4 Å². The first-order valence-electron chi connectivity index (χ1n) is 11.2. The van der Waals surface area contributed by atoms with Crippen LogP contribution in [-0.4, -0.2) is 55.1 Å². The number of carbonyl (C=O) groups is 1. The molecule has 2 aromatic rings. The second-order valence-corrected chi connectivity index (χ2v) is 8.99. The van der Waals surface area contributed by atoms with Crippen molar-refractivity contribution in [2.24, 2.45) is 0 Å². The van der Waals surface area contributed by atoms with Gasteiger partial charge >= 0.3 is 6.03 Å². The number of hydrogen-bond donors (Lipinski definition) is 2. The van der Waals surface area contributed by atoms with Gasteiger partial charge in [-0.25, -0.2) is 4.79 Å². The van der Waals surface area contributed by atoms with E-state index in [9.17, 15) is 4.79 Å². The Hall–Kier alpha value is -3.30. The summed E-state index contributed by atoms with van der Waals surface area (Å²) in [5.74, 6) is 0.510. The number of nitriles is 1. The fourth-order valence-corrected chi connectivity index (χ4v) is 4.57. The molecule has 2 N–H and O–H groups in total. The molecule has 2 aliphatic rings. The number of amides is 2. The Morgan fingerprint density at radius 2 is 1.81 bits per heavy atom. The molecule has 0 aliphatic carbocycles. The molecule has 0 bridgehead atoms. The monoisotopic (exact) mass is 429 g/mol. The number of nitrogens with one attached hydrogen (secondary N) is 2. The number of likely N-dealkylation sites (N-methyl/N-ethyl adjacent to an activating group) is 1. The minimum absolute atomic E-state index is 0.155. The van der Waals surface area contributed by atoms with Gasteiger partial charge in [0.1, 0.15) is 0 Å². The smallest absolute Gasteiger partial charge is 0.319 e. The molecule has 6 heteroatoms. The van der Waals surface area contributed by atoms with Crippen LogP contribution in [0.25, 0.3) is 5.70 Å². The van der Waals surface area contributed by atoms with Gasteiger partial charge in [0.2, 0.25) is 0 Å². The van der Waals surface area contributed by atoms with Gasteiger partial charge in [-0.05, 0) is 67.6 Å². The lowest BCUT2D eigenvalue weighted by molar-refractivity contribution is 0.165. The highest BCUT2D eigenvalue weighted by Gasteiger charge is 2.25. The van der Waals surface area contributed by atoms with E-state index in [1.807, 2.05) is 38.2 Å². The molecule has 0 spiro atoms. The van der Waals surface area contributed by atoms with E-state index in [1.54, 1.807) is 0 Å². The van der Waals surface area contributed by atoms with Gasteiger partial charge in [0, 0.05) is 37.6 Å². The minimum atomic E-state index is -0.155. The van der Waals surface area contributed by atoms with Crippen LogP contribution in [-0.2, 0) is 0 Å². The van der Waals surface area contributed by atoms with Crippen LogP contribution in [0.3, 0.4) is 0 Å². The van der Waals surface area contributed by atoms with Crippen molar-refractivity contribution in [2.75, 3.05) is 38.5 Å². The summed E-state index contributed by atoms with van der Waals surface area (Å²) in [5, 5.41) is 15.0. The van der Waals surface area contributed by atoms with E-state index in [2.05, 4.69) is 51.3 Å². The molecule has 0 radical (unpaired) electrons. The van der Waals surface area contributed by atoms with Crippen LogP contribution in [0.15, 0.2) is 49.0 Å². The van der Waals surface area contributed by atoms with Crippen molar-refractivity contribution in [3.63, 3.8) is 0 Å². The van der Waals surface area contributed by atoms with Gasteiger partial charge in [0.05, 0.1) is 17.7 Å². The molecule has 0 atom stereocenters. The van der Waals surface area contributed by atoms with E-state index < -0.39 is 0 Å². The first-order valence-corrected chi connectivity index (χ1v) is 11.2. The quantitative estimate of drug-likeness (QED) is 0.749. The van der Waals surface area contributed by atoms with Crippen molar-refractivity contribution in [1.82, 2.24) is 15.1 Å². The Morgan fingerprint density at radius 1 is 1.12 bits per heavy atom. The Labute approximate surface area is 190 Å². The van der Waals surface area contributed by atoms with Gasteiger partial charge in [0.25, 0.3) is 0 Å². The number of benzene rings is 2. The van der Waals surface area contributed by atoms with Gasteiger partial charge < -0.3 is 20.4 Å². The molecule has 166 valence electrons. The average Bonchev–Trinajstić information content (AvgIpc) is 2.79. The topological polar surface area (TPSA) is 71.4 Å². The number of rotatable bonds is 5. The highest BCUT2D eigenvalue weighted by molar-refractivity contribution is 5.91. The zero-order valence-electron chi connectivity index (χ0n) is 18.9. The fraction of sp³-hybridized carbons (Fsp3) is 0.385. The van der Waals surface area contributed by atoms with Crippen LogP contribution in [0.4, 0.5) is 10.5 Å². The number of piperidine rings is 1. The highest BCUT2D eigenvalue weighted by Crippen LogP contribution is 2.32. The summed E-state index contributed by atoms with van der Waals surface area (Å²) >= 11 is 0. The molecule has 0 saturated carbocycles. The van der Waals surface area contributed by atoms with Crippen molar-refractivity contribution in [3.8, 4) is 6.07 Å². The van der Waals surface area contributed by atoms with Crippen molar-refractivity contribution in [2.45, 2.75) is 31.7 Å². The van der Waals surface area contributed by atoms with Crippen molar-refractivity contribution < 1.29 is 4.79 Å². The molecule has 2 aromatic carbocycles. The molecular weight excluding hydrogens is 398 g/mol. The number of anilines is 1. The molecule has 0 aromatic heterocycles. The third-order valence-electron chi connectivity index (χ3n) is 6.61. The zero-order chi connectivity index (χ0) is 22.7. The number of nitrogens with zero attached hydrogens (tertiary/aromatic N) is 3. The van der Waals surface area contributed by atoms with Gasteiger partial charge in [-0.2, -0.15) is 5.26 Å². The van der Waals surface area contributed by atoms with Crippen LogP contribution in [0, 0.1) is 18.3 Å². The van der Waals surface area contributed by atoms with Crippen molar-refractivity contribution in [1.29, 1.82) is 5.26 Å². The molecule has 2 amide bonds. The summed E-state index contributed by atoms with van der Waals surface area (Å²) < 4.78 is 0. The predicted octanol–water partition coefficient (Wildman–Crippen LogP) is 4.15. The predicted molar refractivity (Wildman–Crippen MR) is 128 cm³/mol. The molecular formula is C26H31N5O. The third-order valence-corrected chi connectivity index (χ3v) is 6.61. The Morgan fingerprint density at radius 3 is 2.44 bits per heavy atom. The van der Waals surface area contributed by atoms with Gasteiger partial charge in [-0.15, -0.1) is 0 Å². The average molecular weight is 430 g/mol. The molecule has 4 rings (SSSR count). The molecule has 2 heterocycles. The lowest BCUT2D eigenvalue weighted by Gasteiger charge is -2.36. The molecule has 2 aliphatic heterocycles. The SMILES string of the molecule is C=C(c1ccc(C)c(NC(=O)NC2CN(C)C2)c1)N1CCC(c2ccc(C#N)cc2)CC1. The largest absolute Gasteiger partial charge is 0.371 e. The first-order chi connectivity index (χ1) is 15.4. The van der Waals surface area contributed by atoms with E-state index in [0.717, 1.165) is 61.5 Å². The number of urea groups is 1. The van der Waals surface area contributed by atoms with E-state index in [-0.39, 0.29) is 12.1 Å². The molecule has 32 heavy (non-hydrogen) atoms. The number of carbonyl (C=O) groups excluding carboxylic acids is 1. The normalized spacial score (nSPS) is 17.3. The van der Waals surface area contributed by atoms with E-state index in [4.69, 9.17) is 5.26 Å². The molecule has 6 nitrogen and oxygen atoms in total. The Bertz CT molecular complexity index is 1030. The van der Waals surface area contributed by atoms with Crippen LogP contribution < -0.4 is 10.6 Å².